The van der Waals surface area contributed by atoms with Crippen LogP contribution >= 0.6 is 0 Å². The number of hydrogen-bond acceptors (Lipinski definition) is 8. The lowest BCUT2D eigenvalue weighted by atomic mass is 10.1. The lowest BCUT2D eigenvalue weighted by molar-refractivity contribution is 0.0517. The van der Waals surface area contributed by atoms with Gasteiger partial charge in [-0.2, -0.15) is 0 Å². The lowest BCUT2D eigenvalue weighted by Gasteiger charge is -2.04. The second kappa shape index (κ2) is 8.81. The Morgan fingerprint density at radius 3 is 1.25 bits per heavy atom. The summed E-state index contributed by atoms with van der Waals surface area (Å²) in [6.07, 6.45) is 0. The molecule has 0 aliphatic rings. The summed E-state index contributed by atoms with van der Waals surface area (Å²) in [6, 6.07) is 13.4. The van der Waals surface area contributed by atoms with Gasteiger partial charge in [0.25, 0.3) is 0 Å². The van der Waals surface area contributed by atoms with E-state index in [1.165, 1.54) is 0 Å². The summed E-state index contributed by atoms with van der Waals surface area (Å²) >= 11 is 0. The monoisotopic (exact) mass is 378 g/mol. The van der Waals surface area contributed by atoms with Crippen molar-refractivity contribution < 1.29 is 19.1 Å². The molecule has 8 heteroatoms. The minimum Gasteiger partial charge on any atom is -0.462 e. The predicted octanol–water partition coefficient (Wildman–Crippen LogP) is 2.95. The van der Waals surface area contributed by atoms with Crippen molar-refractivity contribution in [3.8, 4) is 22.8 Å². The maximum absolute atomic E-state index is 11.7. The van der Waals surface area contributed by atoms with Crippen LogP contribution in [0, 0.1) is 0 Å². The molecule has 142 valence electrons. The molecular formula is C20H18N4O4. The van der Waals surface area contributed by atoms with E-state index in [9.17, 15) is 9.59 Å². The molecule has 0 radical (unpaired) electrons. The van der Waals surface area contributed by atoms with Crippen molar-refractivity contribution in [2.24, 2.45) is 0 Å². The summed E-state index contributed by atoms with van der Waals surface area (Å²) in [5.41, 5.74) is 2.25. The zero-order chi connectivity index (χ0) is 19.9. The van der Waals surface area contributed by atoms with Gasteiger partial charge in [0.15, 0.2) is 0 Å². The van der Waals surface area contributed by atoms with Crippen LogP contribution in [-0.4, -0.2) is 45.5 Å². The first-order valence-electron chi connectivity index (χ1n) is 8.75. The Bertz CT molecular complexity index is 875. The van der Waals surface area contributed by atoms with Crippen LogP contribution in [0.1, 0.15) is 34.6 Å². The van der Waals surface area contributed by atoms with Crippen LogP contribution in [-0.2, 0) is 9.47 Å². The molecule has 1 aromatic heterocycles. The first-order chi connectivity index (χ1) is 13.6. The van der Waals surface area contributed by atoms with Crippen molar-refractivity contribution >= 4 is 11.9 Å². The molecule has 0 aliphatic heterocycles. The van der Waals surface area contributed by atoms with Crippen molar-refractivity contribution in [2.45, 2.75) is 13.8 Å². The summed E-state index contributed by atoms with van der Waals surface area (Å²) in [4.78, 5) is 23.4. The highest BCUT2D eigenvalue weighted by Gasteiger charge is 2.11. The number of benzene rings is 2. The molecule has 0 amide bonds. The fourth-order valence-electron chi connectivity index (χ4n) is 2.40. The average molecular weight is 378 g/mol. The fourth-order valence-corrected chi connectivity index (χ4v) is 2.40. The molecule has 3 aromatic rings. The van der Waals surface area contributed by atoms with Crippen molar-refractivity contribution in [2.75, 3.05) is 13.2 Å². The van der Waals surface area contributed by atoms with Gasteiger partial charge in [0.05, 0.1) is 24.3 Å². The molecular weight excluding hydrogens is 360 g/mol. The van der Waals surface area contributed by atoms with Gasteiger partial charge in [-0.3, -0.25) is 0 Å². The molecule has 0 saturated heterocycles. The number of hydrogen-bond donors (Lipinski definition) is 0. The number of carbonyl (C=O) groups is 2. The second-order valence-electron chi connectivity index (χ2n) is 5.64. The Morgan fingerprint density at radius 1 is 0.643 bits per heavy atom. The highest BCUT2D eigenvalue weighted by atomic mass is 16.5. The minimum atomic E-state index is -0.382. The predicted molar refractivity (Wildman–Crippen MR) is 100 cm³/mol. The SMILES string of the molecule is CCOC(=O)c1ccc(-c2nnc(-c3ccc(C(=O)OCC)cc3)nn2)cc1. The summed E-state index contributed by atoms with van der Waals surface area (Å²) in [5, 5.41) is 16.4. The van der Waals surface area contributed by atoms with Crippen LogP contribution in [0.5, 0.6) is 0 Å². The molecule has 0 bridgehead atoms. The minimum absolute atomic E-state index is 0.319. The van der Waals surface area contributed by atoms with Gasteiger partial charge in [0.1, 0.15) is 0 Å². The summed E-state index contributed by atoms with van der Waals surface area (Å²) in [7, 11) is 0. The molecule has 0 aliphatic carbocycles. The third-order valence-electron chi connectivity index (χ3n) is 3.79. The Hall–Kier alpha value is -3.68. The Balaban J connectivity index is 1.74. The van der Waals surface area contributed by atoms with E-state index >= 15 is 0 Å². The molecule has 3 rings (SSSR count). The number of carbonyl (C=O) groups excluding carboxylic acids is 2. The van der Waals surface area contributed by atoms with Gasteiger partial charge in [0.2, 0.25) is 11.6 Å². The highest BCUT2D eigenvalue weighted by Crippen LogP contribution is 2.18. The Morgan fingerprint density at radius 2 is 0.964 bits per heavy atom. The number of rotatable bonds is 6. The zero-order valence-corrected chi connectivity index (χ0v) is 15.5. The van der Waals surface area contributed by atoms with Gasteiger partial charge in [-0.15, -0.1) is 20.4 Å². The van der Waals surface area contributed by atoms with E-state index in [2.05, 4.69) is 20.4 Å². The zero-order valence-electron chi connectivity index (χ0n) is 15.5. The Kier molecular flexibility index (Phi) is 6.01. The lowest BCUT2D eigenvalue weighted by Crippen LogP contribution is -2.05. The molecule has 0 atom stereocenters. The van der Waals surface area contributed by atoms with Gasteiger partial charge in [-0.1, -0.05) is 24.3 Å². The molecule has 0 N–H and O–H groups in total. The molecule has 1 heterocycles. The first-order valence-corrected chi connectivity index (χ1v) is 8.75. The van der Waals surface area contributed by atoms with Crippen molar-refractivity contribution in [3.05, 3.63) is 59.7 Å². The van der Waals surface area contributed by atoms with E-state index < -0.39 is 0 Å². The topological polar surface area (TPSA) is 104 Å². The molecule has 0 spiro atoms. The highest BCUT2D eigenvalue weighted by molar-refractivity contribution is 5.90. The van der Waals surface area contributed by atoms with Gasteiger partial charge >= 0.3 is 11.9 Å². The van der Waals surface area contributed by atoms with E-state index in [1.54, 1.807) is 62.4 Å². The third-order valence-corrected chi connectivity index (χ3v) is 3.79. The second-order valence-corrected chi connectivity index (χ2v) is 5.64. The third kappa shape index (κ3) is 4.35. The van der Waals surface area contributed by atoms with Crippen molar-refractivity contribution in [3.63, 3.8) is 0 Å². The van der Waals surface area contributed by atoms with Gasteiger partial charge in [-0.05, 0) is 38.1 Å². The normalized spacial score (nSPS) is 10.4. The number of aromatic nitrogens is 4. The van der Waals surface area contributed by atoms with E-state index in [1.807, 2.05) is 0 Å². The Labute approximate surface area is 161 Å². The van der Waals surface area contributed by atoms with Crippen LogP contribution in [0.4, 0.5) is 0 Å². The summed E-state index contributed by atoms with van der Waals surface area (Å²) in [6.45, 7) is 4.15. The number of esters is 2. The van der Waals surface area contributed by atoms with Crippen LogP contribution in [0.25, 0.3) is 22.8 Å². The van der Waals surface area contributed by atoms with Gasteiger partial charge < -0.3 is 9.47 Å². The molecule has 8 nitrogen and oxygen atoms in total. The molecule has 2 aromatic carbocycles. The first kappa shape index (κ1) is 19.1. The maximum Gasteiger partial charge on any atom is 0.338 e. The summed E-state index contributed by atoms with van der Waals surface area (Å²) in [5.74, 6) is -0.0923. The van der Waals surface area contributed by atoms with Crippen LogP contribution < -0.4 is 0 Å². The van der Waals surface area contributed by atoms with E-state index in [-0.39, 0.29) is 11.9 Å². The quantitative estimate of drug-likeness (QED) is 0.603. The van der Waals surface area contributed by atoms with Crippen molar-refractivity contribution in [1.82, 2.24) is 20.4 Å². The van der Waals surface area contributed by atoms with Crippen LogP contribution in [0.15, 0.2) is 48.5 Å². The van der Waals surface area contributed by atoms with Crippen molar-refractivity contribution in [1.29, 1.82) is 0 Å². The average Bonchev–Trinajstić information content (AvgIpc) is 2.74. The van der Waals surface area contributed by atoms with Crippen LogP contribution in [0.2, 0.25) is 0 Å². The van der Waals surface area contributed by atoms with Gasteiger partial charge in [-0.25, -0.2) is 9.59 Å². The maximum atomic E-state index is 11.7. The molecule has 0 fully saturated rings. The smallest absolute Gasteiger partial charge is 0.338 e. The van der Waals surface area contributed by atoms with E-state index in [0.29, 0.717) is 47.1 Å². The van der Waals surface area contributed by atoms with Crippen LogP contribution in [0.3, 0.4) is 0 Å². The van der Waals surface area contributed by atoms with E-state index in [4.69, 9.17) is 9.47 Å². The molecule has 28 heavy (non-hydrogen) atoms. The molecule has 0 unspecified atom stereocenters. The number of nitrogens with zero attached hydrogens (tertiary/aromatic N) is 4. The standard InChI is InChI=1S/C20H18N4O4/c1-3-27-19(25)15-9-5-13(6-10-15)17-21-23-18(24-22-17)14-7-11-16(12-8-14)20(26)28-4-2/h5-12H,3-4H2,1-2H3. The van der Waals surface area contributed by atoms with Gasteiger partial charge in [0, 0.05) is 11.1 Å². The largest absolute Gasteiger partial charge is 0.462 e. The summed E-state index contributed by atoms with van der Waals surface area (Å²) < 4.78 is 9.90. The molecule has 0 saturated carbocycles. The van der Waals surface area contributed by atoms with E-state index in [0.717, 1.165) is 0 Å². The fraction of sp³-hybridized carbons (Fsp3) is 0.200. The number of ether oxygens (including phenoxy) is 2.